The highest BCUT2D eigenvalue weighted by molar-refractivity contribution is 6.31. The van der Waals surface area contributed by atoms with E-state index in [4.69, 9.17) is 25.8 Å². The second kappa shape index (κ2) is 11.1. The van der Waals surface area contributed by atoms with Crippen molar-refractivity contribution in [3.05, 3.63) is 77.3 Å². The molecule has 0 aliphatic carbocycles. The molecule has 0 bridgehead atoms. The van der Waals surface area contributed by atoms with Crippen LogP contribution in [0.3, 0.4) is 0 Å². The van der Waals surface area contributed by atoms with E-state index in [1.54, 1.807) is 60.7 Å². The fourth-order valence-corrected chi connectivity index (χ4v) is 2.92. The van der Waals surface area contributed by atoms with Gasteiger partial charge in [-0.3, -0.25) is 9.59 Å². The summed E-state index contributed by atoms with van der Waals surface area (Å²) in [6.45, 7) is 1.51. The first-order chi connectivity index (χ1) is 15.4. The first-order valence-corrected chi connectivity index (χ1v) is 10.2. The SMILES string of the molecule is COc1ccccc1OCC(=O)Nc1cccc(NC(=O)COc2ccc(Cl)c(C)c2)c1. The van der Waals surface area contributed by atoms with E-state index in [-0.39, 0.29) is 25.0 Å². The maximum absolute atomic E-state index is 12.2. The number of amides is 2. The lowest BCUT2D eigenvalue weighted by atomic mass is 10.2. The minimum absolute atomic E-state index is 0.162. The van der Waals surface area contributed by atoms with Crippen LogP contribution in [0.4, 0.5) is 11.4 Å². The molecule has 0 saturated heterocycles. The highest BCUT2D eigenvalue weighted by Crippen LogP contribution is 2.26. The first-order valence-electron chi connectivity index (χ1n) is 9.79. The van der Waals surface area contributed by atoms with Crippen LogP contribution in [0.15, 0.2) is 66.7 Å². The van der Waals surface area contributed by atoms with E-state index in [1.165, 1.54) is 7.11 Å². The summed E-state index contributed by atoms with van der Waals surface area (Å²) in [5.74, 6) is 0.891. The smallest absolute Gasteiger partial charge is 0.262 e. The Morgan fingerprint density at radius 2 is 1.44 bits per heavy atom. The predicted octanol–water partition coefficient (Wildman–Crippen LogP) is 4.69. The lowest BCUT2D eigenvalue weighted by Crippen LogP contribution is -2.21. The van der Waals surface area contributed by atoms with Gasteiger partial charge in [-0.1, -0.05) is 29.8 Å². The summed E-state index contributed by atoms with van der Waals surface area (Å²) in [6, 6.07) is 19.0. The van der Waals surface area contributed by atoms with Gasteiger partial charge in [-0.15, -0.1) is 0 Å². The van der Waals surface area contributed by atoms with Gasteiger partial charge < -0.3 is 24.8 Å². The van der Waals surface area contributed by atoms with E-state index in [2.05, 4.69) is 10.6 Å². The number of benzene rings is 3. The molecule has 0 spiro atoms. The average molecular weight is 455 g/mol. The minimum atomic E-state index is -0.346. The fraction of sp³-hybridized carbons (Fsp3) is 0.167. The molecule has 3 rings (SSSR count). The summed E-state index contributed by atoms with van der Waals surface area (Å²) < 4.78 is 16.2. The van der Waals surface area contributed by atoms with Crippen molar-refractivity contribution in [3.63, 3.8) is 0 Å². The van der Waals surface area contributed by atoms with Crippen molar-refractivity contribution >= 4 is 34.8 Å². The Morgan fingerprint density at radius 3 is 2.06 bits per heavy atom. The van der Waals surface area contributed by atoms with Gasteiger partial charge in [0.15, 0.2) is 24.7 Å². The van der Waals surface area contributed by atoms with Crippen LogP contribution in [0.2, 0.25) is 5.02 Å². The standard InChI is InChI=1S/C24H23ClN2O5/c1-16-12-19(10-11-20(16)25)31-14-23(28)26-17-6-5-7-18(13-17)27-24(29)15-32-22-9-4-3-8-21(22)30-2/h3-13H,14-15H2,1-2H3,(H,26,28)(H,27,29). The number of methoxy groups -OCH3 is 1. The van der Waals surface area contributed by atoms with Crippen LogP contribution < -0.4 is 24.8 Å². The summed E-state index contributed by atoms with van der Waals surface area (Å²) in [4.78, 5) is 24.4. The van der Waals surface area contributed by atoms with E-state index in [1.807, 2.05) is 13.0 Å². The number of hydrogen-bond acceptors (Lipinski definition) is 5. The molecule has 0 fully saturated rings. The van der Waals surface area contributed by atoms with Crippen LogP contribution in [-0.4, -0.2) is 32.1 Å². The molecule has 8 heteroatoms. The maximum atomic E-state index is 12.2. The van der Waals surface area contributed by atoms with Crippen molar-refractivity contribution in [2.75, 3.05) is 31.0 Å². The molecule has 3 aromatic carbocycles. The van der Waals surface area contributed by atoms with Gasteiger partial charge in [-0.25, -0.2) is 0 Å². The summed E-state index contributed by atoms with van der Waals surface area (Å²) in [7, 11) is 1.53. The second-order valence-electron chi connectivity index (χ2n) is 6.82. The number of anilines is 2. The number of nitrogens with one attached hydrogen (secondary N) is 2. The molecule has 0 aliphatic rings. The normalized spacial score (nSPS) is 10.2. The Kier molecular flexibility index (Phi) is 7.94. The summed E-state index contributed by atoms with van der Waals surface area (Å²) >= 11 is 5.99. The minimum Gasteiger partial charge on any atom is -0.493 e. The van der Waals surface area contributed by atoms with Crippen LogP contribution in [0.5, 0.6) is 17.2 Å². The van der Waals surface area contributed by atoms with E-state index in [0.717, 1.165) is 5.56 Å². The summed E-state index contributed by atoms with van der Waals surface area (Å²) in [5, 5.41) is 6.10. The van der Waals surface area contributed by atoms with Gasteiger partial charge in [0.25, 0.3) is 11.8 Å². The number of halogens is 1. The maximum Gasteiger partial charge on any atom is 0.262 e. The van der Waals surface area contributed by atoms with Gasteiger partial charge in [0, 0.05) is 16.4 Å². The van der Waals surface area contributed by atoms with Crippen molar-refractivity contribution in [1.82, 2.24) is 0 Å². The summed E-state index contributed by atoms with van der Waals surface area (Å²) in [5.41, 5.74) is 1.91. The Labute approximate surface area is 191 Å². The number of para-hydroxylation sites is 2. The van der Waals surface area contributed by atoms with Gasteiger partial charge in [0.2, 0.25) is 0 Å². The Balaban J connectivity index is 1.50. The number of rotatable bonds is 9. The number of carbonyl (C=O) groups excluding carboxylic acids is 2. The highest BCUT2D eigenvalue weighted by atomic mass is 35.5. The fourth-order valence-electron chi connectivity index (χ4n) is 2.81. The van der Waals surface area contributed by atoms with Crippen molar-refractivity contribution in [2.24, 2.45) is 0 Å². The molecule has 0 unspecified atom stereocenters. The largest absolute Gasteiger partial charge is 0.493 e. The third kappa shape index (κ3) is 6.65. The van der Waals surface area contributed by atoms with E-state index in [0.29, 0.717) is 33.6 Å². The monoisotopic (exact) mass is 454 g/mol. The third-order valence-corrected chi connectivity index (χ3v) is 4.78. The number of ether oxygens (including phenoxy) is 3. The first kappa shape index (κ1) is 23.0. The van der Waals surface area contributed by atoms with Crippen LogP contribution in [0.25, 0.3) is 0 Å². The van der Waals surface area contributed by atoms with Crippen LogP contribution >= 0.6 is 11.6 Å². The van der Waals surface area contributed by atoms with Gasteiger partial charge in [0.1, 0.15) is 5.75 Å². The second-order valence-corrected chi connectivity index (χ2v) is 7.22. The topological polar surface area (TPSA) is 85.9 Å². The molecular weight excluding hydrogens is 432 g/mol. The molecule has 2 N–H and O–H groups in total. The molecular formula is C24H23ClN2O5. The molecule has 3 aromatic rings. The molecule has 0 aliphatic heterocycles. The zero-order valence-corrected chi connectivity index (χ0v) is 18.4. The average Bonchev–Trinajstić information content (AvgIpc) is 2.79. The van der Waals surface area contributed by atoms with E-state index >= 15 is 0 Å². The lowest BCUT2D eigenvalue weighted by molar-refractivity contribution is -0.118. The number of aryl methyl sites for hydroxylation is 1. The highest BCUT2D eigenvalue weighted by Gasteiger charge is 2.09. The van der Waals surface area contributed by atoms with Crippen molar-refractivity contribution < 1.29 is 23.8 Å². The molecule has 32 heavy (non-hydrogen) atoms. The number of hydrogen-bond donors (Lipinski definition) is 2. The molecule has 0 aromatic heterocycles. The third-order valence-electron chi connectivity index (χ3n) is 4.36. The Morgan fingerprint density at radius 1 is 0.812 bits per heavy atom. The van der Waals surface area contributed by atoms with Crippen LogP contribution in [0, 0.1) is 6.92 Å². The lowest BCUT2D eigenvalue weighted by Gasteiger charge is -2.12. The van der Waals surface area contributed by atoms with Crippen molar-refractivity contribution in [2.45, 2.75) is 6.92 Å². The van der Waals surface area contributed by atoms with Crippen LogP contribution in [-0.2, 0) is 9.59 Å². The van der Waals surface area contributed by atoms with Gasteiger partial charge in [-0.2, -0.15) is 0 Å². The van der Waals surface area contributed by atoms with Crippen LogP contribution in [0.1, 0.15) is 5.56 Å². The molecule has 0 radical (unpaired) electrons. The van der Waals surface area contributed by atoms with Gasteiger partial charge in [-0.05, 0) is 61.0 Å². The molecule has 0 atom stereocenters. The zero-order valence-electron chi connectivity index (χ0n) is 17.7. The molecule has 0 saturated carbocycles. The van der Waals surface area contributed by atoms with Crippen molar-refractivity contribution in [1.29, 1.82) is 0 Å². The number of carbonyl (C=O) groups is 2. The Hall–Kier alpha value is -3.71. The summed E-state index contributed by atoms with van der Waals surface area (Å²) in [6.07, 6.45) is 0. The quantitative estimate of drug-likeness (QED) is 0.489. The van der Waals surface area contributed by atoms with Crippen molar-refractivity contribution in [3.8, 4) is 17.2 Å². The molecule has 7 nitrogen and oxygen atoms in total. The Bertz CT molecular complexity index is 1100. The van der Waals surface area contributed by atoms with E-state index < -0.39 is 0 Å². The zero-order chi connectivity index (χ0) is 22.9. The molecule has 166 valence electrons. The van der Waals surface area contributed by atoms with Gasteiger partial charge in [0.05, 0.1) is 7.11 Å². The van der Waals surface area contributed by atoms with Gasteiger partial charge >= 0.3 is 0 Å². The molecule has 2 amide bonds. The van der Waals surface area contributed by atoms with E-state index in [9.17, 15) is 9.59 Å². The predicted molar refractivity (Wildman–Crippen MR) is 124 cm³/mol. The molecule has 0 heterocycles.